The van der Waals surface area contributed by atoms with Crippen LogP contribution in [0, 0.1) is 0 Å². The first kappa shape index (κ1) is 17.5. The van der Waals surface area contributed by atoms with Crippen molar-refractivity contribution >= 4 is 35.6 Å². The Morgan fingerprint density at radius 1 is 0.958 bits per heavy atom. The van der Waals surface area contributed by atoms with Crippen molar-refractivity contribution in [3.05, 3.63) is 0 Å². The van der Waals surface area contributed by atoms with Crippen LogP contribution in [-0.2, 0) is 33.6 Å². The van der Waals surface area contributed by atoms with Crippen molar-refractivity contribution in [2.75, 3.05) is 0 Å². The second kappa shape index (κ2) is 5.98. The molecule has 3 N–H and O–H groups in total. The van der Waals surface area contributed by atoms with E-state index in [1.807, 2.05) is 0 Å². The molecule has 24 heavy (non-hydrogen) atoms. The van der Waals surface area contributed by atoms with Crippen molar-refractivity contribution < 1.29 is 48.9 Å². The minimum absolute atomic E-state index is 0.0209. The van der Waals surface area contributed by atoms with E-state index in [2.05, 4.69) is 4.84 Å². The lowest BCUT2D eigenvalue weighted by atomic mass is 10.1. The fourth-order valence-electron chi connectivity index (χ4n) is 2.26. The molecule has 2 rings (SSSR count). The molecule has 2 fully saturated rings. The fraction of sp³-hybridized carbons (Fsp3) is 0.500. The number of imide groups is 2. The van der Waals surface area contributed by atoms with Gasteiger partial charge in [0.05, 0.1) is 0 Å². The Hall–Kier alpha value is -2.86. The first-order valence-corrected chi connectivity index (χ1v) is 6.68. The van der Waals surface area contributed by atoms with E-state index in [9.17, 15) is 39.0 Å². The van der Waals surface area contributed by atoms with Crippen molar-refractivity contribution in [3.63, 3.8) is 0 Å². The number of carboxylic acids is 1. The van der Waals surface area contributed by atoms with Gasteiger partial charge in [-0.05, 0) is 0 Å². The topological polar surface area (TPSA) is 179 Å². The zero-order valence-corrected chi connectivity index (χ0v) is 12.0. The van der Waals surface area contributed by atoms with Crippen molar-refractivity contribution in [2.24, 2.45) is 0 Å². The van der Waals surface area contributed by atoms with Gasteiger partial charge in [-0.1, -0.05) is 0 Å². The van der Waals surface area contributed by atoms with Crippen LogP contribution in [-0.4, -0.2) is 72.7 Å². The van der Waals surface area contributed by atoms with Crippen LogP contribution in [0.25, 0.3) is 0 Å². The Balaban J connectivity index is 2.39. The summed E-state index contributed by atoms with van der Waals surface area (Å²) in [6.45, 7) is 0. The molecule has 0 spiro atoms. The van der Waals surface area contributed by atoms with Crippen LogP contribution >= 0.6 is 0 Å². The van der Waals surface area contributed by atoms with Gasteiger partial charge in [0.25, 0.3) is 17.5 Å². The summed E-state index contributed by atoms with van der Waals surface area (Å²) in [5.41, 5.74) is -3.63. The zero-order chi connectivity index (χ0) is 18.2. The molecule has 0 aromatic heterocycles. The average Bonchev–Trinajstić information content (AvgIpc) is 3.01. The summed E-state index contributed by atoms with van der Waals surface area (Å²) in [6, 6.07) is 0. The Kier molecular flexibility index (Phi) is 4.36. The number of hydrogen-bond acceptors (Lipinski definition) is 9. The Morgan fingerprint density at radius 3 is 1.79 bits per heavy atom. The highest BCUT2D eigenvalue weighted by molar-refractivity contribution is 6.08. The highest BCUT2D eigenvalue weighted by Crippen LogP contribution is 2.28. The number of nitrogens with zero attached hydrogens (tertiary/aromatic N) is 2. The number of aliphatic carboxylic acids is 1. The maximum absolute atomic E-state index is 12.1. The van der Waals surface area contributed by atoms with E-state index in [1.165, 1.54) is 0 Å². The number of carbonyl (C=O) groups excluding carboxylic acids is 5. The highest BCUT2D eigenvalue weighted by Gasteiger charge is 2.60. The molecule has 0 saturated carbocycles. The predicted octanol–water partition coefficient (Wildman–Crippen LogP) is -3.12. The standard InChI is InChI=1S/C12H12N2O10/c15-5-1-2-6(16)13(5)12(23,9(19)10(20)21)11(22)24-14-7(17)3-4-8(14)18/h9,19,23H,1-4H2,(H,20,21). The lowest BCUT2D eigenvalue weighted by molar-refractivity contribution is -0.238. The summed E-state index contributed by atoms with van der Waals surface area (Å²) in [5, 5.41) is 28.8. The molecule has 0 radical (unpaired) electrons. The van der Waals surface area contributed by atoms with Gasteiger partial charge in [0.15, 0.2) is 0 Å². The number of rotatable bonds is 5. The molecule has 12 nitrogen and oxygen atoms in total. The van der Waals surface area contributed by atoms with Gasteiger partial charge in [-0.15, -0.1) is 5.06 Å². The number of hydroxylamine groups is 2. The van der Waals surface area contributed by atoms with Crippen LogP contribution in [0.2, 0.25) is 0 Å². The summed E-state index contributed by atoms with van der Waals surface area (Å²) < 4.78 is 0. The van der Waals surface area contributed by atoms with Crippen LogP contribution < -0.4 is 0 Å². The largest absolute Gasteiger partial charge is 0.479 e. The molecule has 2 aliphatic heterocycles. The average molecular weight is 344 g/mol. The van der Waals surface area contributed by atoms with Gasteiger partial charge in [-0.2, -0.15) is 0 Å². The Labute approximate surface area is 133 Å². The zero-order valence-electron chi connectivity index (χ0n) is 12.0. The van der Waals surface area contributed by atoms with Crippen LogP contribution in [0.15, 0.2) is 0 Å². The van der Waals surface area contributed by atoms with Crippen LogP contribution in [0.5, 0.6) is 0 Å². The molecule has 2 heterocycles. The molecule has 0 aliphatic carbocycles. The fourth-order valence-corrected chi connectivity index (χ4v) is 2.26. The molecule has 0 aromatic carbocycles. The SMILES string of the molecule is O=C(O)C(O)C(O)(C(=O)ON1C(=O)CCC1=O)N1C(=O)CCC1=O. The predicted molar refractivity (Wildman–Crippen MR) is 66.9 cm³/mol. The van der Waals surface area contributed by atoms with Gasteiger partial charge in [0.2, 0.25) is 17.9 Å². The van der Waals surface area contributed by atoms with Crippen LogP contribution in [0.4, 0.5) is 0 Å². The van der Waals surface area contributed by atoms with Crippen molar-refractivity contribution in [2.45, 2.75) is 37.5 Å². The minimum Gasteiger partial charge on any atom is -0.479 e. The summed E-state index contributed by atoms with van der Waals surface area (Å²) in [5.74, 6) is -8.30. The van der Waals surface area contributed by atoms with E-state index in [1.54, 1.807) is 0 Å². The monoisotopic (exact) mass is 344 g/mol. The molecule has 2 atom stereocenters. The van der Waals surface area contributed by atoms with Gasteiger partial charge in [-0.3, -0.25) is 19.2 Å². The van der Waals surface area contributed by atoms with Gasteiger partial charge in [0.1, 0.15) is 0 Å². The molecular weight excluding hydrogens is 332 g/mol. The highest BCUT2D eigenvalue weighted by atomic mass is 16.7. The number of amides is 4. The second-order valence-electron chi connectivity index (χ2n) is 5.05. The normalized spacial score (nSPS) is 21.9. The summed E-state index contributed by atoms with van der Waals surface area (Å²) >= 11 is 0. The third-order valence-electron chi connectivity index (χ3n) is 3.49. The van der Waals surface area contributed by atoms with Gasteiger partial charge < -0.3 is 20.2 Å². The second-order valence-corrected chi connectivity index (χ2v) is 5.05. The van der Waals surface area contributed by atoms with Crippen molar-refractivity contribution in [1.29, 1.82) is 0 Å². The van der Waals surface area contributed by atoms with Gasteiger partial charge >= 0.3 is 11.9 Å². The molecule has 2 saturated heterocycles. The maximum atomic E-state index is 12.1. The summed E-state index contributed by atoms with van der Waals surface area (Å²) in [4.78, 5) is 73.6. The number of likely N-dealkylation sites (tertiary alicyclic amines) is 1. The Morgan fingerprint density at radius 2 is 1.38 bits per heavy atom. The molecule has 2 unspecified atom stereocenters. The van der Waals surface area contributed by atoms with Crippen molar-refractivity contribution in [1.82, 2.24) is 9.96 Å². The van der Waals surface area contributed by atoms with E-state index in [0.29, 0.717) is 0 Å². The molecule has 4 amide bonds. The van der Waals surface area contributed by atoms with Crippen molar-refractivity contribution in [3.8, 4) is 0 Å². The number of aliphatic hydroxyl groups is 2. The van der Waals surface area contributed by atoms with E-state index < -0.39 is 60.2 Å². The van der Waals surface area contributed by atoms with E-state index in [4.69, 9.17) is 5.11 Å². The summed E-state index contributed by atoms with van der Waals surface area (Å²) in [7, 11) is 0. The number of aliphatic hydroxyl groups excluding tert-OH is 1. The lowest BCUT2D eigenvalue weighted by Crippen LogP contribution is -2.67. The molecule has 12 heteroatoms. The minimum atomic E-state index is -3.63. The third kappa shape index (κ3) is 2.61. The number of carbonyl (C=O) groups is 6. The van der Waals surface area contributed by atoms with E-state index in [-0.39, 0.29) is 22.8 Å². The molecule has 130 valence electrons. The lowest BCUT2D eigenvalue weighted by Gasteiger charge is -2.35. The van der Waals surface area contributed by atoms with Gasteiger partial charge in [-0.25, -0.2) is 14.5 Å². The number of hydrogen-bond donors (Lipinski definition) is 3. The third-order valence-corrected chi connectivity index (χ3v) is 3.49. The van der Waals surface area contributed by atoms with Gasteiger partial charge in [0, 0.05) is 25.7 Å². The maximum Gasteiger partial charge on any atom is 0.389 e. The molecule has 0 bridgehead atoms. The first-order chi connectivity index (χ1) is 11.1. The molecule has 0 aromatic rings. The number of carboxylic acid groups (broad SMARTS) is 1. The summed E-state index contributed by atoms with van der Waals surface area (Å²) in [6.07, 6.45) is -4.38. The van der Waals surface area contributed by atoms with E-state index in [0.717, 1.165) is 0 Å². The first-order valence-electron chi connectivity index (χ1n) is 6.68. The van der Waals surface area contributed by atoms with Crippen LogP contribution in [0.3, 0.4) is 0 Å². The quantitative estimate of drug-likeness (QED) is 0.432. The smallest absolute Gasteiger partial charge is 0.389 e. The van der Waals surface area contributed by atoms with Crippen LogP contribution in [0.1, 0.15) is 25.7 Å². The molecular formula is C12H12N2O10. The molecule has 2 aliphatic rings. The Bertz CT molecular complexity index is 626. The van der Waals surface area contributed by atoms with E-state index >= 15 is 0 Å².